The van der Waals surface area contributed by atoms with Crippen LogP contribution in [0.2, 0.25) is 0 Å². The minimum atomic E-state index is -0.491. The summed E-state index contributed by atoms with van der Waals surface area (Å²) >= 11 is 1.32. The Kier molecular flexibility index (Phi) is 7.51. The molecule has 6 nitrogen and oxygen atoms in total. The Bertz CT molecular complexity index is 909. The zero-order valence-corrected chi connectivity index (χ0v) is 19.9. The van der Waals surface area contributed by atoms with Gasteiger partial charge >= 0.3 is 0 Å². The first-order valence-electron chi connectivity index (χ1n) is 10.7. The third-order valence-electron chi connectivity index (χ3n) is 5.37. The van der Waals surface area contributed by atoms with Gasteiger partial charge in [-0.3, -0.25) is 14.5 Å². The van der Waals surface area contributed by atoms with E-state index in [0.29, 0.717) is 9.88 Å². The van der Waals surface area contributed by atoms with Crippen LogP contribution in [0.15, 0.2) is 30.3 Å². The third kappa shape index (κ3) is 6.38. The largest absolute Gasteiger partial charge is 0.379 e. The Morgan fingerprint density at radius 3 is 2.39 bits per heavy atom. The normalized spacial score (nSPS) is 16.0. The average molecular weight is 444 g/mol. The molecule has 2 heterocycles. The van der Waals surface area contributed by atoms with Gasteiger partial charge in [0.25, 0.3) is 5.91 Å². The number of rotatable bonds is 6. The zero-order chi connectivity index (χ0) is 22.6. The van der Waals surface area contributed by atoms with Gasteiger partial charge in [0.15, 0.2) is 0 Å². The molecule has 1 atom stereocenters. The highest BCUT2D eigenvalue weighted by atomic mass is 32.1. The maximum atomic E-state index is 13.2. The molecule has 0 saturated carbocycles. The van der Waals surface area contributed by atoms with Gasteiger partial charge in [-0.2, -0.15) is 0 Å². The van der Waals surface area contributed by atoms with E-state index in [-0.39, 0.29) is 17.9 Å². The quantitative estimate of drug-likeness (QED) is 0.704. The van der Waals surface area contributed by atoms with Crippen LogP contribution >= 0.6 is 11.3 Å². The summed E-state index contributed by atoms with van der Waals surface area (Å²) in [6.07, 6.45) is 0. The number of hydrogen-bond donors (Lipinski definition) is 2. The lowest BCUT2D eigenvalue weighted by atomic mass is 9.96. The van der Waals surface area contributed by atoms with Gasteiger partial charge in [0.1, 0.15) is 0 Å². The Morgan fingerprint density at radius 2 is 1.77 bits per heavy atom. The van der Waals surface area contributed by atoms with Crippen LogP contribution in [-0.4, -0.2) is 49.6 Å². The van der Waals surface area contributed by atoms with Crippen LogP contribution in [0, 0.1) is 19.3 Å². The number of ether oxygens (including phenoxy) is 1. The Morgan fingerprint density at radius 1 is 1.13 bits per heavy atom. The predicted octanol–water partition coefficient (Wildman–Crippen LogP) is 4.15. The molecule has 1 aromatic heterocycles. The molecule has 3 rings (SSSR count). The predicted molar refractivity (Wildman–Crippen MR) is 126 cm³/mol. The van der Waals surface area contributed by atoms with E-state index >= 15 is 0 Å². The first-order valence-corrected chi connectivity index (χ1v) is 11.5. The van der Waals surface area contributed by atoms with E-state index in [1.54, 1.807) is 0 Å². The van der Waals surface area contributed by atoms with Crippen molar-refractivity contribution in [3.05, 3.63) is 51.9 Å². The SMILES string of the molecule is Cc1ccc(C(CN2CCOCC2)NC(=O)c2sc(NC(=O)C(C)(C)C)cc2C)cc1. The van der Waals surface area contributed by atoms with Gasteiger partial charge in [-0.25, -0.2) is 0 Å². The molecule has 1 saturated heterocycles. The summed E-state index contributed by atoms with van der Waals surface area (Å²) in [6, 6.07) is 10.1. The molecule has 1 fully saturated rings. The van der Waals surface area contributed by atoms with Crippen LogP contribution in [0.1, 0.15) is 53.2 Å². The lowest BCUT2D eigenvalue weighted by Crippen LogP contribution is -2.43. The molecule has 31 heavy (non-hydrogen) atoms. The number of carbonyl (C=O) groups is 2. The van der Waals surface area contributed by atoms with Crippen molar-refractivity contribution < 1.29 is 14.3 Å². The molecule has 1 aliphatic heterocycles. The maximum Gasteiger partial charge on any atom is 0.262 e. The van der Waals surface area contributed by atoms with Crippen molar-refractivity contribution >= 4 is 28.2 Å². The van der Waals surface area contributed by atoms with Crippen LogP contribution in [0.5, 0.6) is 0 Å². The second kappa shape index (κ2) is 9.94. The molecule has 0 radical (unpaired) electrons. The molecule has 1 aliphatic rings. The van der Waals surface area contributed by atoms with Gasteiger partial charge in [0.05, 0.1) is 29.1 Å². The topological polar surface area (TPSA) is 70.7 Å². The van der Waals surface area contributed by atoms with Crippen LogP contribution < -0.4 is 10.6 Å². The molecule has 1 unspecified atom stereocenters. The summed E-state index contributed by atoms with van der Waals surface area (Å²) in [7, 11) is 0. The van der Waals surface area contributed by atoms with Crippen molar-refractivity contribution in [1.82, 2.24) is 10.2 Å². The van der Waals surface area contributed by atoms with Crippen LogP contribution in [0.25, 0.3) is 0 Å². The minimum absolute atomic E-state index is 0.0643. The minimum Gasteiger partial charge on any atom is -0.379 e. The molecule has 168 valence electrons. The van der Waals surface area contributed by atoms with Crippen LogP contribution in [-0.2, 0) is 9.53 Å². The van der Waals surface area contributed by atoms with E-state index in [1.165, 1.54) is 16.9 Å². The molecular formula is C24H33N3O3S. The molecule has 2 aromatic rings. The van der Waals surface area contributed by atoms with Crippen molar-refractivity contribution in [2.45, 2.75) is 40.7 Å². The second-order valence-corrected chi connectivity index (χ2v) is 10.2. The van der Waals surface area contributed by atoms with E-state index in [1.807, 2.05) is 33.8 Å². The van der Waals surface area contributed by atoms with E-state index in [0.717, 1.165) is 44.0 Å². The Balaban J connectivity index is 1.76. The second-order valence-electron chi connectivity index (χ2n) is 9.18. The molecule has 0 aliphatic carbocycles. The number of morpholine rings is 1. The van der Waals surface area contributed by atoms with E-state index in [2.05, 4.69) is 46.7 Å². The number of nitrogens with zero attached hydrogens (tertiary/aromatic N) is 1. The molecule has 1 aromatic carbocycles. The van der Waals surface area contributed by atoms with Gasteiger partial charge in [0.2, 0.25) is 5.91 Å². The standard InChI is InChI=1S/C24H33N3O3S/c1-16-6-8-18(9-7-16)19(15-27-10-12-30-13-11-27)25-22(28)21-17(2)14-20(31-21)26-23(29)24(3,4)5/h6-9,14,19H,10-13,15H2,1-5H3,(H,25,28)(H,26,29). The van der Waals surface area contributed by atoms with Crippen molar-refractivity contribution in [2.75, 3.05) is 38.2 Å². The molecule has 2 amide bonds. The first-order chi connectivity index (χ1) is 14.6. The number of hydrogen-bond acceptors (Lipinski definition) is 5. The molecule has 7 heteroatoms. The average Bonchev–Trinajstić information content (AvgIpc) is 3.08. The van der Waals surface area contributed by atoms with Crippen molar-refractivity contribution in [3.8, 4) is 0 Å². The van der Waals surface area contributed by atoms with Crippen molar-refractivity contribution in [1.29, 1.82) is 0 Å². The first kappa shape index (κ1) is 23.4. The number of benzene rings is 1. The van der Waals surface area contributed by atoms with Crippen LogP contribution in [0.3, 0.4) is 0 Å². The number of thiophene rings is 1. The molecule has 2 N–H and O–H groups in total. The van der Waals surface area contributed by atoms with Gasteiger partial charge in [0, 0.05) is 25.0 Å². The van der Waals surface area contributed by atoms with Gasteiger partial charge in [-0.15, -0.1) is 11.3 Å². The molecule has 0 spiro atoms. The van der Waals surface area contributed by atoms with Gasteiger partial charge in [-0.05, 0) is 31.0 Å². The highest BCUT2D eigenvalue weighted by molar-refractivity contribution is 7.18. The summed E-state index contributed by atoms with van der Waals surface area (Å²) in [5, 5.41) is 6.86. The number of aryl methyl sites for hydroxylation is 2. The molecule has 0 bridgehead atoms. The fourth-order valence-electron chi connectivity index (χ4n) is 3.37. The molecular weight excluding hydrogens is 410 g/mol. The summed E-state index contributed by atoms with van der Waals surface area (Å²) in [5.41, 5.74) is 2.64. The Hall–Kier alpha value is -2.22. The zero-order valence-electron chi connectivity index (χ0n) is 19.1. The monoisotopic (exact) mass is 443 g/mol. The number of carbonyl (C=O) groups excluding carboxylic acids is 2. The highest BCUT2D eigenvalue weighted by Crippen LogP contribution is 2.29. The van der Waals surface area contributed by atoms with Gasteiger partial charge < -0.3 is 15.4 Å². The fraction of sp³-hybridized carbons (Fsp3) is 0.500. The van der Waals surface area contributed by atoms with Crippen molar-refractivity contribution in [2.24, 2.45) is 5.41 Å². The third-order valence-corrected chi connectivity index (χ3v) is 6.52. The summed E-state index contributed by atoms with van der Waals surface area (Å²) in [4.78, 5) is 28.5. The van der Waals surface area contributed by atoms with E-state index in [9.17, 15) is 9.59 Å². The number of nitrogens with one attached hydrogen (secondary N) is 2. The van der Waals surface area contributed by atoms with Gasteiger partial charge in [-0.1, -0.05) is 50.6 Å². The number of anilines is 1. The summed E-state index contributed by atoms with van der Waals surface area (Å²) in [5.74, 6) is -0.178. The fourth-order valence-corrected chi connectivity index (χ4v) is 4.34. The summed E-state index contributed by atoms with van der Waals surface area (Å²) < 4.78 is 5.47. The highest BCUT2D eigenvalue weighted by Gasteiger charge is 2.25. The maximum absolute atomic E-state index is 13.2. The van der Waals surface area contributed by atoms with Crippen molar-refractivity contribution in [3.63, 3.8) is 0 Å². The number of amides is 2. The van der Waals surface area contributed by atoms with Crippen LogP contribution in [0.4, 0.5) is 5.00 Å². The van der Waals surface area contributed by atoms with E-state index < -0.39 is 5.41 Å². The lowest BCUT2D eigenvalue weighted by Gasteiger charge is -2.31. The Labute approximate surface area is 189 Å². The summed E-state index contributed by atoms with van der Waals surface area (Å²) in [6.45, 7) is 13.5. The smallest absolute Gasteiger partial charge is 0.262 e. The lowest BCUT2D eigenvalue weighted by molar-refractivity contribution is -0.123. The van der Waals surface area contributed by atoms with E-state index in [4.69, 9.17) is 4.74 Å².